The van der Waals surface area contributed by atoms with Crippen LogP contribution in [-0.2, 0) is 9.59 Å². The predicted molar refractivity (Wildman–Crippen MR) is 72.5 cm³/mol. The normalized spacial score (nSPS) is 17.0. The molecule has 104 valence electrons. The first-order chi connectivity index (χ1) is 8.62. The highest BCUT2D eigenvalue weighted by Gasteiger charge is 2.24. The maximum absolute atomic E-state index is 11.9. The SMILES string of the molecule is CCC(CC)C(=O)NC1CCN(C(=O)CCl)CC1. The molecule has 1 rings (SSSR count). The number of carbonyl (C=O) groups excluding carboxylic acids is 2. The van der Waals surface area contributed by atoms with Crippen molar-refractivity contribution in [3.05, 3.63) is 0 Å². The number of nitrogens with zero attached hydrogens (tertiary/aromatic N) is 1. The lowest BCUT2D eigenvalue weighted by Crippen LogP contribution is -2.48. The molecule has 1 saturated heterocycles. The summed E-state index contributed by atoms with van der Waals surface area (Å²) in [5, 5.41) is 3.09. The minimum absolute atomic E-state index is 0.0126. The second kappa shape index (κ2) is 7.62. The van der Waals surface area contributed by atoms with E-state index in [9.17, 15) is 9.59 Å². The summed E-state index contributed by atoms with van der Waals surface area (Å²) in [6.45, 7) is 5.46. The van der Waals surface area contributed by atoms with Gasteiger partial charge in [0.05, 0.1) is 0 Å². The molecule has 0 aromatic rings. The number of amides is 2. The molecule has 0 saturated carbocycles. The Labute approximate surface area is 114 Å². The summed E-state index contributed by atoms with van der Waals surface area (Å²) in [5.74, 6) is 0.307. The lowest BCUT2D eigenvalue weighted by Gasteiger charge is -2.32. The van der Waals surface area contributed by atoms with Crippen LogP contribution < -0.4 is 5.32 Å². The van der Waals surface area contributed by atoms with E-state index in [1.165, 1.54) is 0 Å². The van der Waals surface area contributed by atoms with Gasteiger partial charge in [-0.3, -0.25) is 9.59 Å². The number of hydrogen-bond acceptors (Lipinski definition) is 2. The lowest BCUT2D eigenvalue weighted by molar-refractivity contribution is -0.130. The van der Waals surface area contributed by atoms with Crippen LogP contribution in [0.3, 0.4) is 0 Å². The predicted octanol–water partition coefficient (Wildman–Crippen LogP) is 1.77. The molecule has 1 aliphatic rings. The third-order valence-corrected chi connectivity index (χ3v) is 3.89. The number of rotatable bonds is 5. The molecule has 0 bridgehead atoms. The molecule has 0 unspecified atom stereocenters. The number of piperidine rings is 1. The van der Waals surface area contributed by atoms with Gasteiger partial charge in [-0.25, -0.2) is 0 Å². The standard InChI is InChI=1S/C13H23ClN2O2/c1-3-10(4-2)13(18)15-11-5-7-16(8-6-11)12(17)9-14/h10-11H,3-9H2,1-2H3,(H,15,18). The Kier molecular flexibility index (Phi) is 6.47. The summed E-state index contributed by atoms with van der Waals surface area (Å²) in [7, 11) is 0. The van der Waals surface area contributed by atoms with Crippen molar-refractivity contribution in [3.63, 3.8) is 0 Å². The Balaban J connectivity index is 2.35. The molecule has 4 nitrogen and oxygen atoms in total. The summed E-state index contributed by atoms with van der Waals surface area (Å²) >= 11 is 5.52. The van der Waals surface area contributed by atoms with E-state index in [0.717, 1.165) is 25.7 Å². The smallest absolute Gasteiger partial charge is 0.237 e. The van der Waals surface area contributed by atoms with Gasteiger partial charge in [0.15, 0.2) is 0 Å². The van der Waals surface area contributed by atoms with Crippen molar-refractivity contribution in [1.29, 1.82) is 0 Å². The molecule has 0 aromatic carbocycles. The molecular weight excluding hydrogens is 252 g/mol. The summed E-state index contributed by atoms with van der Waals surface area (Å²) in [5.41, 5.74) is 0. The van der Waals surface area contributed by atoms with Crippen LogP contribution in [0.1, 0.15) is 39.5 Å². The Morgan fingerprint density at radius 1 is 1.28 bits per heavy atom. The first-order valence-corrected chi connectivity index (χ1v) is 7.29. The number of nitrogens with one attached hydrogen (secondary N) is 1. The number of halogens is 1. The van der Waals surface area contributed by atoms with E-state index in [1.807, 2.05) is 13.8 Å². The van der Waals surface area contributed by atoms with Gasteiger partial charge in [0.1, 0.15) is 5.88 Å². The highest BCUT2D eigenvalue weighted by molar-refractivity contribution is 6.27. The Hall–Kier alpha value is -0.770. The van der Waals surface area contributed by atoms with Crippen molar-refractivity contribution in [2.75, 3.05) is 19.0 Å². The molecule has 0 atom stereocenters. The topological polar surface area (TPSA) is 49.4 Å². The third-order valence-electron chi connectivity index (χ3n) is 3.66. The van der Waals surface area contributed by atoms with Crippen molar-refractivity contribution in [3.8, 4) is 0 Å². The van der Waals surface area contributed by atoms with Crippen LogP contribution in [0.4, 0.5) is 0 Å². The number of likely N-dealkylation sites (tertiary alicyclic amines) is 1. The summed E-state index contributed by atoms with van der Waals surface area (Å²) < 4.78 is 0. The summed E-state index contributed by atoms with van der Waals surface area (Å²) in [4.78, 5) is 25.1. The quantitative estimate of drug-likeness (QED) is 0.777. The molecule has 5 heteroatoms. The zero-order valence-corrected chi connectivity index (χ0v) is 12.0. The number of carbonyl (C=O) groups is 2. The van der Waals surface area contributed by atoms with Gasteiger partial charge in [-0.1, -0.05) is 13.8 Å². The van der Waals surface area contributed by atoms with E-state index in [-0.39, 0.29) is 29.7 Å². The Bertz CT molecular complexity index is 285. The van der Waals surface area contributed by atoms with E-state index in [4.69, 9.17) is 11.6 Å². The van der Waals surface area contributed by atoms with Gasteiger partial charge in [-0.15, -0.1) is 11.6 Å². The molecule has 1 fully saturated rings. The summed E-state index contributed by atoms with van der Waals surface area (Å²) in [6, 6.07) is 0.206. The zero-order valence-electron chi connectivity index (χ0n) is 11.2. The van der Waals surface area contributed by atoms with Crippen LogP contribution in [0.15, 0.2) is 0 Å². The highest BCUT2D eigenvalue weighted by Crippen LogP contribution is 2.13. The van der Waals surface area contributed by atoms with E-state index in [0.29, 0.717) is 13.1 Å². The lowest BCUT2D eigenvalue weighted by atomic mass is 10.00. The average molecular weight is 275 g/mol. The van der Waals surface area contributed by atoms with Crippen LogP contribution in [0.25, 0.3) is 0 Å². The molecule has 1 aliphatic heterocycles. The van der Waals surface area contributed by atoms with E-state index in [1.54, 1.807) is 4.90 Å². The second-order valence-electron chi connectivity index (χ2n) is 4.81. The van der Waals surface area contributed by atoms with Gasteiger partial charge < -0.3 is 10.2 Å². The molecule has 0 radical (unpaired) electrons. The molecule has 1 N–H and O–H groups in total. The fraction of sp³-hybridized carbons (Fsp3) is 0.846. The van der Waals surface area contributed by atoms with Gasteiger partial charge in [0.25, 0.3) is 0 Å². The molecule has 0 aromatic heterocycles. The minimum Gasteiger partial charge on any atom is -0.353 e. The van der Waals surface area contributed by atoms with Crippen LogP contribution in [0.5, 0.6) is 0 Å². The van der Waals surface area contributed by atoms with Gasteiger partial charge in [0.2, 0.25) is 11.8 Å². The Morgan fingerprint density at radius 3 is 2.28 bits per heavy atom. The average Bonchev–Trinajstić information content (AvgIpc) is 2.40. The fourth-order valence-electron chi connectivity index (χ4n) is 2.34. The molecular formula is C13H23ClN2O2. The van der Waals surface area contributed by atoms with E-state index in [2.05, 4.69) is 5.32 Å². The molecule has 2 amide bonds. The fourth-order valence-corrected chi connectivity index (χ4v) is 2.51. The van der Waals surface area contributed by atoms with E-state index >= 15 is 0 Å². The first-order valence-electron chi connectivity index (χ1n) is 6.76. The van der Waals surface area contributed by atoms with Crippen molar-refractivity contribution in [2.45, 2.75) is 45.6 Å². The highest BCUT2D eigenvalue weighted by atomic mass is 35.5. The van der Waals surface area contributed by atoms with Crippen LogP contribution in [-0.4, -0.2) is 41.7 Å². The largest absolute Gasteiger partial charge is 0.353 e. The zero-order chi connectivity index (χ0) is 13.5. The van der Waals surface area contributed by atoms with Gasteiger partial charge in [-0.2, -0.15) is 0 Å². The van der Waals surface area contributed by atoms with Crippen molar-refractivity contribution in [1.82, 2.24) is 10.2 Å². The maximum Gasteiger partial charge on any atom is 0.237 e. The van der Waals surface area contributed by atoms with Gasteiger partial charge in [0, 0.05) is 25.0 Å². The molecule has 0 spiro atoms. The van der Waals surface area contributed by atoms with Crippen molar-refractivity contribution < 1.29 is 9.59 Å². The van der Waals surface area contributed by atoms with Gasteiger partial charge in [-0.05, 0) is 25.7 Å². The number of alkyl halides is 1. The van der Waals surface area contributed by atoms with Crippen LogP contribution in [0, 0.1) is 5.92 Å². The maximum atomic E-state index is 11.9. The second-order valence-corrected chi connectivity index (χ2v) is 5.08. The van der Waals surface area contributed by atoms with Gasteiger partial charge >= 0.3 is 0 Å². The minimum atomic E-state index is -0.0126. The Morgan fingerprint density at radius 2 is 1.83 bits per heavy atom. The van der Waals surface area contributed by atoms with E-state index < -0.39 is 0 Å². The molecule has 18 heavy (non-hydrogen) atoms. The monoisotopic (exact) mass is 274 g/mol. The van der Waals surface area contributed by atoms with Crippen LogP contribution >= 0.6 is 11.6 Å². The molecule has 0 aliphatic carbocycles. The van der Waals surface area contributed by atoms with Crippen LogP contribution in [0.2, 0.25) is 0 Å². The first kappa shape index (κ1) is 15.3. The van der Waals surface area contributed by atoms with Crippen molar-refractivity contribution >= 4 is 23.4 Å². The third kappa shape index (κ3) is 4.16. The van der Waals surface area contributed by atoms with Crippen molar-refractivity contribution in [2.24, 2.45) is 5.92 Å². The summed E-state index contributed by atoms with van der Waals surface area (Å²) in [6.07, 6.45) is 3.42. The molecule has 1 heterocycles. The number of hydrogen-bond donors (Lipinski definition) is 1.